The molecule has 3 heterocycles. The minimum atomic E-state index is -0.158. The first-order valence-electron chi connectivity index (χ1n) is 7.45. The van der Waals surface area contributed by atoms with Crippen LogP contribution < -0.4 is 5.73 Å². The number of nitrogens with two attached hydrogens (primary N) is 1. The fraction of sp³-hybridized carbons (Fsp3) is 0.312. The lowest BCUT2D eigenvalue weighted by Crippen LogP contribution is -2.07. The van der Waals surface area contributed by atoms with Crippen molar-refractivity contribution in [2.24, 2.45) is 0 Å². The van der Waals surface area contributed by atoms with E-state index in [2.05, 4.69) is 15.1 Å². The molecule has 1 aliphatic rings. The van der Waals surface area contributed by atoms with Gasteiger partial charge in [0.05, 0.1) is 17.6 Å². The second-order valence-electron chi connectivity index (χ2n) is 5.77. The van der Waals surface area contributed by atoms with Gasteiger partial charge in [-0.3, -0.25) is 0 Å². The smallest absolute Gasteiger partial charge is 0.223 e. The van der Waals surface area contributed by atoms with E-state index >= 15 is 0 Å². The Labute approximate surface area is 137 Å². The van der Waals surface area contributed by atoms with Gasteiger partial charge in [-0.05, 0) is 30.5 Å². The molecular weight excluding hydrogens is 313 g/mol. The second-order valence-corrected chi connectivity index (χ2v) is 6.85. The van der Waals surface area contributed by atoms with E-state index in [0.717, 1.165) is 39.5 Å². The monoisotopic (exact) mass is 329 g/mol. The maximum atomic E-state index is 14.1. The van der Waals surface area contributed by atoms with Crippen molar-refractivity contribution in [1.82, 2.24) is 19.7 Å². The number of rotatable bonds is 2. The molecule has 0 aliphatic carbocycles. The zero-order valence-electron chi connectivity index (χ0n) is 12.9. The van der Waals surface area contributed by atoms with Crippen LogP contribution in [0.25, 0.3) is 11.0 Å². The summed E-state index contributed by atoms with van der Waals surface area (Å²) in [6, 6.07) is 3.74. The van der Waals surface area contributed by atoms with Crippen LogP contribution in [0.15, 0.2) is 17.2 Å². The zero-order chi connectivity index (χ0) is 16.1. The Morgan fingerprint density at radius 3 is 2.96 bits per heavy atom. The van der Waals surface area contributed by atoms with E-state index in [1.54, 1.807) is 31.7 Å². The first-order valence-corrected chi connectivity index (χ1v) is 8.43. The summed E-state index contributed by atoms with van der Waals surface area (Å²) in [7, 11) is 0. The van der Waals surface area contributed by atoms with Crippen molar-refractivity contribution in [1.29, 1.82) is 0 Å². The minimum absolute atomic E-state index is 0.158. The first-order chi connectivity index (χ1) is 11.0. The third-order valence-corrected chi connectivity index (χ3v) is 5.22. The number of aromatic nitrogens is 4. The van der Waals surface area contributed by atoms with Crippen LogP contribution in [0.5, 0.6) is 0 Å². The summed E-state index contributed by atoms with van der Waals surface area (Å²) in [6.45, 7) is 4.04. The Kier molecular flexibility index (Phi) is 3.26. The summed E-state index contributed by atoms with van der Waals surface area (Å²) in [5.41, 5.74) is 9.77. The average Bonchev–Trinajstić information content (AvgIpc) is 2.87. The van der Waals surface area contributed by atoms with E-state index in [1.165, 1.54) is 0 Å². The molecule has 1 aromatic carbocycles. The van der Waals surface area contributed by atoms with Crippen LogP contribution in [-0.4, -0.2) is 25.5 Å². The molecule has 0 atom stereocenters. The quantitative estimate of drug-likeness (QED) is 0.732. The number of nitrogens with zero attached hydrogens (tertiary/aromatic N) is 4. The van der Waals surface area contributed by atoms with Crippen LogP contribution in [0.1, 0.15) is 22.4 Å². The van der Waals surface area contributed by atoms with Crippen molar-refractivity contribution < 1.29 is 4.39 Å². The summed E-state index contributed by atoms with van der Waals surface area (Å²) in [6.07, 6.45) is 0.885. The molecule has 2 aromatic heterocycles. The summed E-state index contributed by atoms with van der Waals surface area (Å²) in [5, 5.41) is 6.55. The normalized spacial score (nSPS) is 13.7. The molecular formula is C16H16FN5S. The molecule has 118 valence electrons. The van der Waals surface area contributed by atoms with E-state index in [4.69, 9.17) is 5.73 Å². The molecule has 0 radical (unpaired) electrons. The van der Waals surface area contributed by atoms with Crippen LogP contribution in [0.4, 0.5) is 10.3 Å². The molecule has 0 bridgehead atoms. The number of hydrogen-bond donors (Lipinski definition) is 1. The van der Waals surface area contributed by atoms with Crippen LogP contribution in [0, 0.1) is 19.7 Å². The van der Waals surface area contributed by atoms with Gasteiger partial charge in [0.1, 0.15) is 10.8 Å². The highest BCUT2D eigenvalue weighted by molar-refractivity contribution is 7.99. The van der Waals surface area contributed by atoms with Crippen LogP contribution >= 0.6 is 11.8 Å². The molecule has 3 aromatic rings. The van der Waals surface area contributed by atoms with E-state index in [1.807, 2.05) is 10.7 Å². The highest BCUT2D eigenvalue weighted by Crippen LogP contribution is 2.34. The van der Waals surface area contributed by atoms with Gasteiger partial charge >= 0.3 is 0 Å². The Balaban J connectivity index is 1.86. The minimum Gasteiger partial charge on any atom is -0.368 e. The van der Waals surface area contributed by atoms with Gasteiger partial charge in [-0.2, -0.15) is 10.1 Å². The Morgan fingerprint density at radius 1 is 1.30 bits per heavy atom. The molecule has 0 saturated carbocycles. The lowest BCUT2D eigenvalue weighted by molar-refractivity contribution is 0.600. The topological polar surface area (TPSA) is 69.6 Å². The molecule has 4 rings (SSSR count). The molecule has 1 aliphatic heterocycles. The molecule has 5 nitrogen and oxygen atoms in total. The number of anilines is 1. The van der Waals surface area contributed by atoms with Gasteiger partial charge in [-0.15, -0.1) is 11.8 Å². The summed E-state index contributed by atoms with van der Waals surface area (Å²) in [5.74, 6) is 1.03. The fourth-order valence-electron chi connectivity index (χ4n) is 2.95. The van der Waals surface area contributed by atoms with Crippen LogP contribution in [0.3, 0.4) is 0 Å². The number of aryl methyl sites for hydroxylation is 2. The number of thioether (sulfide) groups is 1. The lowest BCUT2D eigenvalue weighted by atomic mass is 10.0. The molecule has 2 N–H and O–H groups in total. The Hall–Kier alpha value is -2.15. The van der Waals surface area contributed by atoms with Gasteiger partial charge in [0.25, 0.3) is 0 Å². The predicted octanol–water partition coefficient (Wildman–Crippen LogP) is 2.86. The van der Waals surface area contributed by atoms with E-state index in [-0.39, 0.29) is 11.8 Å². The van der Waals surface area contributed by atoms with Gasteiger partial charge in [0.2, 0.25) is 5.95 Å². The largest absolute Gasteiger partial charge is 0.368 e. The van der Waals surface area contributed by atoms with Crippen molar-refractivity contribution in [3.05, 3.63) is 40.3 Å². The van der Waals surface area contributed by atoms with Gasteiger partial charge in [-0.1, -0.05) is 12.1 Å². The highest BCUT2D eigenvalue weighted by atomic mass is 32.2. The Morgan fingerprint density at radius 2 is 2.13 bits per heavy atom. The zero-order valence-corrected chi connectivity index (χ0v) is 13.7. The third kappa shape index (κ3) is 2.26. The average molecular weight is 329 g/mol. The van der Waals surface area contributed by atoms with E-state index in [0.29, 0.717) is 17.7 Å². The van der Waals surface area contributed by atoms with Crippen molar-refractivity contribution in [2.45, 2.75) is 31.8 Å². The van der Waals surface area contributed by atoms with Gasteiger partial charge in [0.15, 0.2) is 5.65 Å². The number of hydrogen-bond acceptors (Lipinski definition) is 5. The molecule has 0 fully saturated rings. The molecule has 0 spiro atoms. The molecule has 23 heavy (non-hydrogen) atoms. The number of nitrogen functional groups attached to an aromatic ring is 1. The van der Waals surface area contributed by atoms with Gasteiger partial charge in [-0.25, -0.2) is 14.1 Å². The molecule has 0 amide bonds. The van der Waals surface area contributed by atoms with Crippen molar-refractivity contribution in [2.75, 3.05) is 11.5 Å². The van der Waals surface area contributed by atoms with E-state index in [9.17, 15) is 4.39 Å². The van der Waals surface area contributed by atoms with Gasteiger partial charge < -0.3 is 5.73 Å². The second kappa shape index (κ2) is 5.19. The van der Waals surface area contributed by atoms with Crippen molar-refractivity contribution in [3.63, 3.8) is 0 Å². The van der Waals surface area contributed by atoms with Crippen molar-refractivity contribution >= 4 is 28.7 Å². The maximum Gasteiger partial charge on any atom is 0.223 e. The fourth-order valence-corrected chi connectivity index (χ4v) is 3.95. The number of halogens is 1. The maximum absolute atomic E-state index is 14.1. The summed E-state index contributed by atoms with van der Waals surface area (Å²) < 4.78 is 16.0. The lowest BCUT2D eigenvalue weighted by Gasteiger charge is -2.10. The third-order valence-electron chi connectivity index (χ3n) is 4.24. The van der Waals surface area contributed by atoms with E-state index < -0.39 is 0 Å². The SMILES string of the molecule is Cc1ccc(Cn2nc3c4c(nc(N)nc42)SCC3)c(C)c1F. The summed E-state index contributed by atoms with van der Waals surface area (Å²) in [4.78, 5) is 8.68. The first kappa shape index (κ1) is 14.4. The van der Waals surface area contributed by atoms with Crippen LogP contribution in [0.2, 0.25) is 0 Å². The molecule has 0 saturated heterocycles. The van der Waals surface area contributed by atoms with Crippen molar-refractivity contribution in [3.8, 4) is 0 Å². The molecule has 7 heteroatoms. The predicted molar refractivity (Wildman–Crippen MR) is 89.1 cm³/mol. The van der Waals surface area contributed by atoms with Gasteiger partial charge in [0, 0.05) is 12.2 Å². The standard InChI is InChI=1S/C16H16FN5S/c1-8-3-4-10(9(2)13(8)17)7-22-14-12-11(21-22)5-6-23-15(12)20-16(18)19-14/h3-4H,5-7H2,1-2H3,(H2,18,19,20). The number of benzene rings is 1. The Bertz CT molecular complexity index is 934. The highest BCUT2D eigenvalue weighted by Gasteiger charge is 2.22. The summed E-state index contributed by atoms with van der Waals surface area (Å²) >= 11 is 1.68. The van der Waals surface area contributed by atoms with Crippen LogP contribution in [-0.2, 0) is 13.0 Å². The molecule has 0 unspecified atom stereocenters.